The highest BCUT2D eigenvalue weighted by Crippen LogP contribution is 2.27. The van der Waals surface area contributed by atoms with Gasteiger partial charge in [-0.15, -0.1) is 3.96 Å². The Kier molecular flexibility index (Phi) is 5.49. The second kappa shape index (κ2) is 8.36. The van der Waals surface area contributed by atoms with E-state index >= 15 is 0 Å². The zero-order valence-electron chi connectivity index (χ0n) is 16.2. The van der Waals surface area contributed by atoms with E-state index in [1.54, 1.807) is 11.5 Å². The monoisotopic (exact) mass is 386 g/mol. The molecule has 0 aliphatic heterocycles. The lowest BCUT2D eigenvalue weighted by atomic mass is 10.2. The molecule has 0 aliphatic rings. The first-order valence-corrected chi connectivity index (χ1v) is 10.3. The molecule has 0 atom stereocenters. The molecule has 4 aromatic rings. The van der Waals surface area contributed by atoms with Crippen LogP contribution in [0.2, 0.25) is 0 Å². The molecule has 0 unspecified atom stereocenters. The van der Waals surface area contributed by atoms with Gasteiger partial charge < -0.3 is 4.90 Å². The number of aromatic nitrogens is 2. The third-order valence-corrected chi connectivity index (χ3v) is 5.71. The number of rotatable bonds is 6. The van der Waals surface area contributed by atoms with Crippen molar-refractivity contribution in [3.05, 3.63) is 96.6 Å². The number of anilines is 1. The van der Waals surface area contributed by atoms with Crippen LogP contribution >= 0.6 is 11.5 Å². The third kappa shape index (κ3) is 3.97. The summed E-state index contributed by atoms with van der Waals surface area (Å²) in [6.45, 7) is 5.29. The maximum absolute atomic E-state index is 5.08. The largest absolute Gasteiger partial charge is 0.350 e. The normalized spacial score (nSPS) is 11.0. The van der Waals surface area contributed by atoms with E-state index in [0.29, 0.717) is 6.04 Å². The van der Waals surface area contributed by atoms with E-state index in [1.807, 2.05) is 12.1 Å². The van der Waals surface area contributed by atoms with Crippen molar-refractivity contribution < 1.29 is 3.96 Å². The third-order valence-electron chi connectivity index (χ3n) is 4.65. The molecular formula is C24H24N3S+. The SMILES string of the molecule is CC(C)N(Cc1ccccc1)c1nc(-c2ccccc2)[n+](-c2ccccc2)s1. The van der Waals surface area contributed by atoms with Crippen LogP contribution in [0, 0.1) is 0 Å². The minimum Gasteiger partial charge on any atom is -0.318 e. The number of hydrogen-bond donors (Lipinski definition) is 0. The summed E-state index contributed by atoms with van der Waals surface area (Å²) < 4.78 is 2.23. The standard InChI is InChI=1S/C24H24N3S/c1-19(2)26(18-20-12-6-3-7-13-20)24-25-23(21-14-8-4-9-15-21)27(28-24)22-16-10-5-11-17-22/h3-17,19H,18H2,1-2H3/q+1. The van der Waals surface area contributed by atoms with Gasteiger partial charge in [-0.2, -0.15) is 0 Å². The second-order valence-corrected chi connectivity index (χ2v) is 7.93. The van der Waals surface area contributed by atoms with Crippen LogP contribution in [-0.4, -0.2) is 11.0 Å². The molecule has 3 nitrogen and oxygen atoms in total. The summed E-state index contributed by atoms with van der Waals surface area (Å²) in [5, 5.41) is 1.03. The lowest BCUT2D eigenvalue weighted by Crippen LogP contribution is -2.30. The molecule has 0 N–H and O–H groups in total. The van der Waals surface area contributed by atoms with Crippen LogP contribution < -0.4 is 8.86 Å². The van der Waals surface area contributed by atoms with Gasteiger partial charge in [-0.3, -0.25) is 0 Å². The highest BCUT2D eigenvalue weighted by atomic mass is 32.1. The summed E-state index contributed by atoms with van der Waals surface area (Å²) in [5.74, 6) is 0.977. The summed E-state index contributed by atoms with van der Waals surface area (Å²) in [6, 6.07) is 31.8. The maximum atomic E-state index is 5.08. The molecule has 4 heteroatoms. The van der Waals surface area contributed by atoms with Crippen molar-refractivity contribution in [2.75, 3.05) is 4.90 Å². The number of hydrogen-bond acceptors (Lipinski definition) is 3. The van der Waals surface area contributed by atoms with E-state index in [9.17, 15) is 0 Å². The second-order valence-electron chi connectivity index (χ2n) is 7.01. The van der Waals surface area contributed by atoms with Crippen LogP contribution in [0.15, 0.2) is 91.0 Å². The van der Waals surface area contributed by atoms with Crippen molar-refractivity contribution in [1.82, 2.24) is 4.98 Å². The van der Waals surface area contributed by atoms with Gasteiger partial charge in [-0.1, -0.05) is 66.7 Å². The fraction of sp³-hybridized carbons (Fsp3) is 0.167. The number of nitrogens with zero attached hydrogens (tertiary/aromatic N) is 3. The first kappa shape index (κ1) is 18.4. The number of benzene rings is 3. The van der Waals surface area contributed by atoms with Gasteiger partial charge in [-0.05, 0) is 48.7 Å². The Hall–Kier alpha value is -2.98. The topological polar surface area (TPSA) is 20.0 Å². The van der Waals surface area contributed by atoms with E-state index in [4.69, 9.17) is 4.98 Å². The van der Waals surface area contributed by atoms with Crippen LogP contribution in [0.25, 0.3) is 17.1 Å². The molecule has 0 fully saturated rings. The Balaban J connectivity index is 1.79. The minimum atomic E-state index is 0.346. The summed E-state index contributed by atoms with van der Waals surface area (Å²) in [5.41, 5.74) is 3.55. The summed E-state index contributed by atoms with van der Waals surface area (Å²) >= 11 is 1.69. The molecule has 28 heavy (non-hydrogen) atoms. The molecule has 0 amide bonds. The Labute approximate surface area is 170 Å². The summed E-state index contributed by atoms with van der Waals surface area (Å²) in [6.07, 6.45) is 0. The van der Waals surface area contributed by atoms with Gasteiger partial charge in [-0.25, -0.2) is 0 Å². The molecule has 3 aromatic carbocycles. The van der Waals surface area contributed by atoms with Gasteiger partial charge in [0.2, 0.25) is 0 Å². The highest BCUT2D eigenvalue weighted by molar-refractivity contribution is 7.06. The molecule has 0 saturated heterocycles. The molecule has 0 spiro atoms. The predicted molar refractivity (Wildman–Crippen MR) is 117 cm³/mol. The van der Waals surface area contributed by atoms with E-state index in [0.717, 1.165) is 28.8 Å². The average molecular weight is 387 g/mol. The van der Waals surface area contributed by atoms with Gasteiger partial charge in [0.05, 0.1) is 5.56 Å². The van der Waals surface area contributed by atoms with Crippen molar-refractivity contribution in [3.8, 4) is 17.1 Å². The lowest BCUT2D eigenvalue weighted by molar-refractivity contribution is -0.509. The van der Waals surface area contributed by atoms with Gasteiger partial charge in [0.1, 0.15) is 17.2 Å². The number of para-hydroxylation sites is 1. The average Bonchev–Trinajstić information content (AvgIpc) is 3.19. The first-order chi connectivity index (χ1) is 13.7. The van der Waals surface area contributed by atoms with E-state index in [-0.39, 0.29) is 0 Å². The lowest BCUT2D eigenvalue weighted by Gasteiger charge is -2.23. The van der Waals surface area contributed by atoms with Crippen LogP contribution in [-0.2, 0) is 6.54 Å². The molecule has 140 valence electrons. The van der Waals surface area contributed by atoms with Gasteiger partial charge >= 0.3 is 11.0 Å². The summed E-state index contributed by atoms with van der Waals surface area (Å²) in [7, 11) is 0. The smallest absolute Gasteiger partial charge is 0.318 e. The predicted octanol–water partition coefficient (Wildman–Crippen LogP) is 5.50. The van der Waals surface area contributed by atoms with Crippen molar-refractivity contribution in [2.45, 2.75) is 26.4 Å². The fourth-order valence-electron chi connectivity index (χ4n) is 3.16. The Morgan fingerprint density at radius 3 is 2.00 bits per heavy atom. The Morgan fingerprint density at radius 2 is 1.39 bits per heavy atom. The van der Waals surface area contributed by atoms with Crippen LogP contribution in [0.4, 0.5) is 5.13 Å². The van der Waals surface area contributed by atoms with Crippen molar-refractivity contribution in [1.29, 1.82) is 0 Å². The molecule has 0 aliphatic carbocycles. The highest BCUT2D eigenvalue weighted by Gasteiger charge is 2.29. The zero-order chi connectivity index (χ0) is 19.3. The molecule has 1 aromatic heterocycles. The summed E-state index contributed by atoms with van der Waals surface area (Å²) in [4.78, 5) is 7.45. The van der Waals surface area contributed by atoms with Crippen LogP contribution in [0.5, 0.6) is 0 Å². The molecule has 1 heterocycles. The van der Waals surface area contributed by atoms with E-state index in [1.165, 1.54) is 5.56 Å². The van der Waals surface area contributed by atoms with Crippen LogP contribution in [0.1, 0.15) is 19.4 Å². The molecule has 0 saturated carbocycles. The van der Waals surface area contributed by atoms with Gasteiger partial charge in [0.15, 0.2) is 0 Å². The quantitative estimate of drug-likeness (QED) is 0.408. The Morgan fingerprint density at radius 1 is 0.821 bits per heavy atom. The Bertz CT molecular complexity index is 955. The maximum Gasteiger partial charge on any atom is 0.350 e. The van der Waals surface area contributed by atoms with Crippen molar-refractivity contribution in [2.24, 2.45) is 0 Å². The van der Waals surface area contributed by atoms with Gasteiger partial charge in [0, 0.05) is 12.6 Å². The van der Waals surface area contributed by atoms with Gasteiger partial charge in [0.25, 0.3) is 0 Å². The van der Waals surface area contributed by atoms with Crippen molar-refractivity contribution >= 4 is 16.7 Å². The van der Waals surface area contributed by atoms with Crippen molar-refractivity contribution in [3.63, 3.8) is 0 Å². The van der Waals surface area contributed by atoms with Crippen LogP contribution in [0.3, 0.4) is 0 Å². The fourth-order valence-corrected chi connectivity index (χ4v) is 4.29. The molecule has 0 radical (unpaired) electrons. The zero-order valence-corrected chi connectivity index (χ0v) is 17.0. The molecule has 4 rings (SSSR count). The molecule has 0 bridgehead atoms. The van der Waals surface area contributed by atoms with E-state index < -0.39 is 0 Å². The van der Waals surface area contributed by atoms with E-state index in [2.05, 4.69) is 102 Å². The molecular weight excluding hydrogens is 362 g/mol. The minimum absolute atomic E-state index is 0.346. The first-order valence-electron chi connectivity index (χ1n) is 9.57.